The Bertz CT molecular complexity index is 1460. The molecule has 3 aromatic rings. The maximum absolute atomic E-state index is 15.0. The number of aromatic nitrogens is 5. The third-order valence-electron chi connectivity index (χ3n) is 7.09. The first-order chi connectivity index (χ1) is 19.1. The Hall–Kier alpha value is -4.20. The van der Waals surface area contributed by atoms with Crippen molar-refractivity contribution in [3.63, 3.8) is 0 Å². The molecule has 1 aliphatic carbocycles. The molecule has 3 N–H and O–H groups in total. The van der Waals surface area contributed by atoms with Gasteiger partial charge in [0.15, 0.2) is 5.69 Å². The number of hydrogen-bond donors (Lipinski definition) is 3. The van der Waals surface area contributed by atoms with Crippen molar-refractivity contribution in [3.8, 4) is 0 Å². The third kappa shape index (κ3) is 6.33. The van der Waals surface area contributed by atoms with Crippen LogP contribution in [0.15, 0.2) is 39.0 Å². The Balaban J connectivity index is 1.59. The fourth-order valence-corrected chi connectivity index (χ4v) is 4.88. The minimum absolute atomic E-state index is 0.0405. The second-order valence-electron chi connectivity index (χ2n) is 9.97. The largest absolute Gasteiger partial charge is 0.382 e. The second-order valence-corrected chi connectivity index (χ2v) is 9.97. The van der Waals surface area contributed by atoms with Crippen LogP contribution in [0.4, 0.5) is 14.5 Å². The molecule has 1 aliphatic rings. The van der Waals surface area contributed by atoms with E-state index in [9.17, 15) is 23.2 Å². The first kappa shape index (κ1) is 28.8. The van der Waals surface area contributed by atoms with Crippen LogP contribution in [0.2, 0.25) is 0 Å². The number of nitrogens with zero attached hydrogens (tertiary/aromatic N) is 4. The van der Waals surface area contributed by atoms with Gasteiger partial charge < -0.3 is 20.4 Å². The van der Waals surface area contributed by atoms with Crippen molar-refractivity contribution in [1.29, 1.82) is 0 Å². The van der Waals surface area contributed by atoms with Crippen LogP contribution in [0.25, 0.3) is 0 Å². The molecule has 0 saturated heterocycles. The van der Waals surface area contributed by atoms with Gasteiger partial charge in [0.05, 0.1) is 12.8 Å². The molecule has 0 aromatic carbocycles. The van der Waals surface area contributed by atoms with Gasteiger partial charge in [-0.1, -0.05) is 16.3 Å². The molecule has 14 heteroatoms. The maximum atomic E-state index is 15.0. The van der Waals surface area contributed by atoms with Crippen LogP contribution in [-0.4, -0.2) is 56.7 Å². The number of aryl methyl sites for hydroxylation is 1. The number of rotatable bonds is 9. The van der Waals surface area contributed by atoms with Crippen molar-refractivity contribution in [2.75, 3.05) is 19.0 Å². The van der Waals surface area contributed by atoms with Gasteiger partial charge in [0, 0.05) is 18.9 Å². The zero-order valence-electron chi connectivity index (χ0n) is 22.6. The summed E-state index contributed by atoms with van der Waals surface area (Å²) in [4.78, 5) is 41.1. The average molecular weight is 560 g/mol. The van der Waals surface area contributed by atoms with E-state index in [0.29, 0.717) is 12.8 Å². The van der Waals surface area contributed by atoms with Crippen LogP contribution in [0.3, 0.4) is 0 Å². The molecule has 214 valence electrons. The molecule has 0 aliphatic heterocycles. The lowest BCUT2D eigenvalue weighted by Gasteiger charge is -2.31. The van der Waals surface area contributed by atoms with E-state index in [1.807, 2.05) is 13.8 Å². The third-order valence-corrected chi connectivity index (χ3v) is 7.09. The molecule has 3 aromatic heterocycles. The number of anilines is 1. The smallest absolute Gasteiger partial charge is 0.276 e. The van der Waals surface area contributed by atoms with Crippen LogP contribution in [0.5, 0.6) is 0 Å². The van der Waals surface area contributed by atoms with E-state index in [1.54, 1.807) is 6.92 Å². The molecule has 40 heavy (non-hydrogen) atoms. The van der Waals surface area contributed by atoms with Crippen LogP contribution < -0.4 is 16.2 Å². The number of halogens is 2. The van der Waals surface area contributed by atoms with Crippen molar-refractivity contribution < 1.29 is 27.7 Å². The summed E-state index contributed by atoms with van der Waals surface area (Å²) < 4.78 is 39.7. The number of ether oxygens (including phenoxy) is 1. The lowest BCUT2D eigenvalue weighted by molar-refractivity contribution is -0.119. The summed E-state index contributed by atoms with van der Waals surface area (Å²) >= 11 is 0. The number of amides is 2. The standard InChI is InChI=1S/C26H31F2N7O5/c1-13(2)15-5-7-16(8-6-15)22(31-25(37)21-14(3)33-40-34-21)26(38)30-19-11-35(32-23(19)28)20(12-39-4)18-9-17(27)10-29-24(18)36/h9-11,16,20,22H,5-8,12H2,1-4H3,(H,29,36)(H,30,38)(H,31,37)/t20-,22?/m1/s1. The van der Waals surface area contributed by atoms with Gasteiger partial charge in [0.1, 0.15) is 29.3 Å². The zero-order chi connectivity index (χ0) is 29.0. The quantitative estimate of drug-likeness (QED) is 0.338. The van der Waals surface area contributed by atoms with E-state index in [4.69, 9.17) is 4.74 Å². The van der Waals surface area contributed by atoms with Gasteiger partial charge in [0.25, 0.3) is 17.4 Å². The van der Waals surface area contributed by atoms with Crippen LogP contribution >= 0.6 is 0 Å². The van der Waals surface area contributed by atoms with E-state index in [-0.39, 0.29) is 35.2 Å². The Kier molecular flexibility index (Phi) is 8.87. The Morgan fingerprint density at radius 3 is 2.60 bits per heavy atom. The van der Waals surface area contributed by atoms with Gasteiger partial charge in [-0.3, -0.25) is 19.1 Å². The van der Waals surface area contributed by atoms with Crippen molar-refractivity contribution in [1.82, 2.24) is 30.4 Å². The van der Waals surface area contributed by atoms with Gasteiger partial charge >= 0.3 is 0 Å². The van der Waals surface area contributed by atoms with Crippen LogP contribution in [0.1, 0.15) is 67.3 Å². The van der Waals surface area contributed by atoms with Crippen molar-refractivity contribution in [3.05, 3.63) is 68.7 Å². The van der Waals surface area contributed by atoms with E-state index < -0.39 is 41.2 Å². The molecule has 2 amide bonds. The van der Waals surface area contributed by atoms with Gasteiger partial charge in [-0.2, -0.15) is 4.39 Å². The molecule has 0 spiro atoms. The molecule has 2 atom stereocenters. The lowest BCUT2D eigenvalue weighted by atomic mass is 9.79. The molecule has 12 nitrogen and oxygen atoms in total. The minimum Gasteiger partial charge on any atom is -0.382 e. The summed E-state index contributed by atoms with van der Waals surface area (Å²) in [5.74, 6) is -3.26. The SMILES string of the molecule is COC[C@H](c1cc(F)c[nH]c1=O)n1cc(NC(=O)C(NC(=O)c2nonc2C)C2CCC(=C(C)C)CC2)c(F)n1. The molecule has 0 radical (unpaired) electrons. The highest BCUT2D eigenvalue weighted by atomic mass is 19.1. The number of allylic oxidation sites excluding steroid dienone is 2. The maximum Gasteiger partial charge on any atom is 0.276 e. The fourth-order valence-electron chi connectivity index (χ4n) is 4.88. The van der Waals surface area contributed by atoms with E-state index in [0.717, 1.165) is 29.8 Å². The predicted octanol–water partition coefficient (Wildman–Crippen LogP) is 3.04. The number of H-pyrrole nitrogens is 1. The first-order valence-corrected chi connectivity index (χ1v) is 12.8. The summed E-state index contributed by atoms with van der Waals surface area (Å²) in [6.07, 6.45) is 4.90. The molecule has 4 rings (SSSR count). The molecule has 1 saturated carbocycles. The van der Waals surface area contributed by atoms with E-state index in [2.05, 4.69) is 35.7 Å². The summed E-state index contributed by atoms with van der Waals surface area (Å²) in [6.45, 7) is 5.50. The zero-order valence-corrected chi connectivity index (χ0v) is 22.6. The summed E-state index contributed by atoms with van der Waals surface area (Å²) in [6, 6.07) is -0.995. The highest BCUT2D eigenvalue weighted by Gasteiger charge is 2.34. The number of aromatic amines is 1. The lowest BCUT2D eigenvalue weighted by Crippen LogP contribution is -2.49. The van der Waals surface area contributed by atoms with Crippen molar-refractivity contribution in [2.24, 2.45) is 5.92 Å². The van der Waals surface area contributed by atoms with Crippen LogP contribution in [-0.2, 0) is 9.53 Å². The summed E-state index contributed by atoms with van der Waals surface area (Å²) in [5, 5.41) is 16.3. The molecule has 0 bridgehead atoms. The number of carbonyl (C=O) groups excluding carboxylic acids is 2. The molecular formula is C26H31F2N7O5. The van der Waals surface area contributed by atoms with E-state index >= 15 is 0 Å². The van der Waals surface area contributed by atoms with E-state index in [1.165, 1.54) is 24.5 Å². The summed E-state index contributed by atoms with van der Waals surface area (Å²) in [7, 11) is 1.37. The number of carbonyl (C=O) groups is 2. The van der Waals surface area contributed by atoms with Crippen molar-refractivity contribution >= 4 is 17.5 Å². The Labute approximate surface area is 228 Å². The molecule has 3 heterocycles. The van der Waals surface area contributed by atoms with Crippen LogP contribution in [0, 0.1) is 24.6 Å². The van der Waals surface area contributed by atoms with Gasteiger partial charge in [-0.05, 0) is 63.6 Å². The highest BCUT2D eigenvalue weighted by molar-refractivity contribution is 6.00. The Morgan fingerprint density at radius 2 is 1.98 bits per heavy atom. The molecule has 1 unspecified atom stereocenters. The normalized spacial score (nSPS) is 16.9. The first-order valence-electron chi connectivity index (χ1n) is 12.8. The monoisotopic (exact) mass is 559 g/mol. The highest BCUT2D eigenvalue weighted by Crippen LogP contribution is 2.33. The summed E-state index contributed by atoms with van der Waals surface area (Å²) in [5.41, 5.74) is 1.82. The van der Waals surface area contributed by atoms with Gasteiger partial charge in [0.2, 0.25) is 5.91 Å². The minimum atomic E-state index is -1.03. The second kappa shape index (κ2) is 12.3. The van der Waals surface area contributed by atoms with Crippen molar-refractivity contribution in [2.45, 2.75) is 58.5 Å². The Morgan fingerprint density at radius 1 is 1.25 bits per heavy atom. The van der Waals surface area contributed by atoms with Gasteiger partial charge in [-0.15, -0.1) is 5.10 Å². The fraction of sp³-hybridized carbons (Fsp3) is 0.462. The number of nitrogens with one attached hydrogen (secondary N) is 3. The van der Waals surface area contributed by atoms with Gasteiger partial charge in [-0.25, -0.2) is 9.02 Å². The molecule has 1 fully saturated rings. The number of pyridine rings is 1. The number of hydrogen-bond acceptors (Lipinski definition) is 8. The average Bonchev–Trinajstić information content (AvgIpc) is 3.52. The molecular weight excluding hydrogens is 528 g/mol. The predicted molar refractivity (Wildman–Crippen MR) is 138 cm³/mol. The topological polar surface area (TPSA) is 157 Å². The number of methoxy groups -OCH3 is 1.